The Kier molecular flexibility index (Phi) is 8.36. The van der Waals surface area contributed by atoms with Gasteiger partial charge in [0.05, 0.1) is 18.3 Å². The quantitative estimate of drug-likeness (QED) is 0.488. The zero-order chi connectivity index (χ0) is 24.7. The maximum Gasteiger partial charge on any atom is 0.407 e. The minimum absolute atomic E-state index is 0. The zero-order valence-corrected chi connectivity index (χ0v) is 20.3. The average molecular weight is 474 g/mol. The Morgan fingerprint density at radius 3 is 2.56 bits per heavy atom. The lowest BCUT2D eigenvalue weighted by Gasteiger charge is -2.23. The van der Waals surface area contributed by atoms with Crippen LogP contribution in [0.2, 0.25) is 0 Å². The van der Waals surface area contributed by atoms with Gasteiger partial charge in [-0.1, -0.05) is 13.3 Å². The first-order valence-corrected chi connectivity index (χ1v) is 11.7. The summed E-state index contributed by atoms with van der Waals surface area (Å²) in [5.41, 5.74) is 0.694. The highest BCUT2D eigenvalue weighted by Crippen LogP contribution is 2.27. The van der Waals surface area contributed by atoms with E-state index in [9.17, 15) is 14.0 Å². The fraction of sp³-hybridized carbons (Fsp3) is 0.462. The average Bonchev–Trinajstić information content (AvgIpc) is 3.21. The highest BCUT2D eigenvalue weighted by molar-refractivity contribution is 6.04. The first kappa shape index (κ1) is 25.3. The Hall–Kier alpha value is -3.29. The summed E-state index contributed by atoms with van der Waals surface area (Å²) < 4.78 is 25.7. The molecule has 0 aliphatic carbocycles. The number of anilines is 2. The van der Waals surface area contributed by atoms with Crippen LogP contribution in [-0.2, 0) is 4.74 Å². The van der Waals surface area contributed by atoms with Crippen LogP contribution in [-0.4, -0.2) is 43.3 Å². The summed E-state index contributed by atoms with van der Waals surface area (Å²) in [7, 11) is 0. The summed E-state index contributed by atoms with van der Waals surface area (Å²) in [5.74, 6) is -0.0454. The molecule has 1 aliphatic heterocycles. The zero-order valence-electron chi connectivity index (χ0n) is 20.3. The predicted octanol–water partition coefficient (Wildman–Crippen LogP) is 5.61. The molecular formula is C26H36FN3O4. The molecule has 0 spiro atoms. The third kappa shape index (κ3) is 7.37. The first-order valence-electron chi connectivity index (χ1n) is 11.7. The second-order valence-corrected chi connectivity index (χ2v) is 9.42. The highest BCUT2D eigenvalue weighted by atomic mass is 19.1. The molecule has 2 N–H and O–H groups in total. The minimum atomic E-state index is -0.570. The maximum atomic E-state index is 14.8. The summed E-state index contributed by atoms with van der Waals surface area (Å²) in [6.07, 6.45) is 2.24. The number of carbonyl (C=O) groups is 2. The predicted molar refractivity (Wildman–Crippen MR) is 133 cm³/mol. The maximum absolute atomic E-state index is 14.8. The number of amides is 2. The fourth-order valence-electron chi connectivity index (χ4n) is 3.65. The van der Waals surface area contributed by atoms with Gasteiger partial charge in [-0.25, -0.2) is 9.18 Å². The second-order valence-electron chi connectivity index (χ2n) is 9.42. The van der Waals surface area contributed by atoms with Gasteiger partial charge in [0.15, 0.2) is 0 Å². The molecule has 7 nitrogen and oxygen atoms in total. The van der Waals surface area contributed by atoms with Gasteiger partial charge in [-0.15, -0.1) is 0 Å². The molecule has 3 rings (SSSR count). The summed E-state index contributed by atoms with van der Waals surface area (Å²) in [6, 6.07) is 11.4. The van der Waals surface area contributed by atoms with Crippen molar-refractivity contribution in [2.75, 3.05) is 29.9 Å². The van der Waals surface area contributed by atoms with Crippen molar-refractivity contribution in [2.24, 2.45) is 0 Å². The van der Waals surface area contributed by atoms with E-state index in [1.54, 1.807) is 57.2 Å². The third-order valence-electron chi connectivity index (χ3n) is 5.34. The van der Waals surface area contributed by atoms with Crippen LogP contribution in [0.4, 0.5) is 20.6 Å². The van der Waals surface area contributed by atoms with Gasteiger partial charge in [-0.2, -0.15) is 0 Å². The van der Waals surface area contributed by atoms with E-state index < -0.39 is 17.5 Å². The van der Waals surface area contributed by atoms with Gasteiger partial charge in [0.2, 0.25) is 0 Å². The number of halogens is 1. The number of unbranched alkanes of at least 4 members (excludes halogenated alkanes) is 1. The number of carbonyl (C=O) groups excluding carboxylic acids is 2. The molecule has 2 amide bonds. The molecule has 2 aromatic rings. The molecule has 1 fully saturated rings. The molecule has 1 saturated heterocycles. The summed E-state index contributed by atoms with van der Waals surface area (Å²) in [6.45, 7) is 9.24. The van der Waals surface area contributed by atoms with Gasteiger partial charge in [0.25, 0.3) is 5.91 Å². The van der Waals surface area contributed by atoms with Gasteiger partial charge in [0.1, 0.15) is 17.2 Å². The Balaban J connectivity index is 0.00000432. The molecule has 2 aromatic carbocycles. The van der Waals surface area contributed by atoms with Crippen LogP contribution in [0.1, 0.15) is 58.7 Å². The van der Waals surface area contributed by atoms with Crippen LogP contribution in [0.3, 0.4) is 0 Å². The van der Waals surface area contributed by atoms with E-state index in [1.807, 2.05) is 4.90 Å². The van der Waals surface area contributed by atoms with Crippen LogP contribution < -0.4 is 20.3 Å². The summed E-state index contributed by atoms with van der Waals surface area (Å²) in [4.78, 5) is 26.4. The molecule has 1 atom stereocenters. The molecule has 1 unspecified atom stereocenters. The molecule has 1 aliphatic rings. The largest absolute Gasteiger partial charge is 0.494 e. The Labute approximate surface area is 202 Å². The van der Waals surface area contributed by atoms with E-state index in [2.05, 4.69) is 17.6 Å². The van der Waals surface area contributed by atoms with Crippen molar-refractivity contribution in [3.05, 3.63) is 53.8 Å². The number of alkyl carbamates (subject to hydrolysis) is 1. The topological polar surface area (TPSA) is 79.9 Å². The van der Waals surface area contributed by atoms with Gasteiger partial charge < -0.3 is 25.0 Å². The molecule has 1 heterocycles. The second kappa shape index (κ2) is 11.2. The van der Waals surface area contributed by atoms with Crippen molar-refractivity contribution in [3.63, 3.8) is 0 Å². The van der Waals surface area contributed by atoms with Crippen molar-refractivity contribution in [2.45, 2.75) is 58.6 Å². The SMILES string of the molecule is CCCCOc1ccc(C(=O)Nc2ccc(N3CCC(NC(=O)OC(C)(C)C)C3)c(F)c2)cc1.[HH]. The minimum Gasteiger partial charge on any atom is -0.494 e. The van der Waals surface area contributed by atoms with E-state index in [0.717, 1.165) is 12.8 Å². The monoisotopic (exact) mass is 473 g/mol. The Morgan fingerprint density at radius 1 is 1.18 bits per heavy atom. The Bertz CT molecular complexity index is 995. The number of nitrogens with one attached hydrogen (secondary N) is 2. The van der Waals surface area contributed by atoms with Gasteiger partial charge in [-0.05, 0) is 76.1 Å². The molecular weight excluding hydrogens is 437 g/mol. The van der Waals surface area contributed by atoms with E-state index in [4.69, 9.17) is 9.47 Å². The number of benzene rings is 2. The van der Waals surface area contributed by atoms with Crippen molar-refractivity contribution in [3.8, 4) is 5.75 Å². The van der Waals surface area contributed by atoms with Crippen LogP contribution in [0.25, 0.3) is 0 Å². The van der Waals surface area contributed by atoms with Crippen molar-refractivity contribution >= 4 is 23.4 Å². The molecule has 0 radical (unpaired) electrons. The van der Waals surface area contributed by atoms with E-state index in [0.29, 0.717) is 48.8 Å². The number of hydrogen-bond acceptors (Lipinski definition) is 5. The van der Waals surface area contributed by atoms with Crippen LogP contribution in [0.5, 0.6) is 5.75 Å². The van der Waals surface area contributed by atoms with Crippen molar-refractivity contribution in [1.29, 1.82) is 0 Å². The van der Waals surface area contributed by atoms with E-state index in [1.165, 1.54) is 6.07 Å². The van der Waals surface area contributed by atoms with Crippen LogP contribution in [0, 0.1) is 5.82 Å². The molecule has 0 bridgehead atoms. The van der Waals surface area contributed by atoms with E-state index >= 15 is 0 Å². The number of ether oxygens (including phenoxy) is 2. The number of rotatable bonds is 8. The molecule has 0 saturated carbocycles. The van der Waals surface area contributed by atoms with Gasteiger partial charge in [0, 0.05) is 25.8 Å². The number of nitrogens with zero attached hydrogens (tertiary/aromatic N) is 1. The normalized spacial score (nSPS) is 15.7. The van der Waals surface area contributed by atoms with Gasteiger partial charge in [-0.3, -0.25) is 4.79 Å². The van der Waals surface area contributed by atoms with Gasteiger partial charge >= 0.3 is 6.09 Å². The smallest absolute Gasteiger partial charge is 0.407 e. The summed E-state index contributed by atoms with van der Waals surface area (Å²) >= 11 is 0. The fourth-order valence-corrected chi connectivity index (χ4v) is 3.65. The molecule has 34 heavy (non-hydrogen) atoms. The number of hydrogen-bond donors (Lipinski definition) is 2. The standard InChI is InChI=1S/C26H34FN3O4.H2/c1-5-6-15-33-21-10-7-18(8-11-21)24(31)28-19-9-12-23(22(27)16-19)30-14-13-20(17-30)29-25(32)34-26(2,3)4;/h7-12,16,20H,5-6,13-15,17H2,1-4H3,(H,28,31)(H,29,32);1H. The Morgan fingerprint density at radius 2 is 1.91 bits per heavy atom. The van der Waals surface area contributed by atoms with E-state index in [-0.39, 0.29) is 13.4 Å². The third-order valence-corrected chi connectivity index (χ3v) is 5.34. The first-order chi connectivity index (χ1) is 16.1. The molecule has 186 valence electrons. The van der Waals surface area contributed by atoms with Crippen LogP contribution >= 0.6 is 0 Å². The lowest BCUT2D eigenvalue weighted by Crippen LogP contribution is -2.40. The van der Waals surface area contributed by atoms with Crippen LogP contribution in [0.15, 0.2) is 42.5 Å². The lowest BCUT2D eigenvalue weighted by molar-refractivity contribution is 0.0509. The van der Waals surface area contributed by atoms with Crippen molar-refractivity contribution in [1.82, 2.24) is 5.32 Å². The molecule has 8 heteroatoms. The summed E-state index contributed by atoms with van der Waals surface area (Å²) in [5, 5.41) is 5.57. The lowest BCUT2D eigenvalue weighted by atomic mass is 10.2. The molecule has 0 aromatic heterocycles. The van der Waals surface area contributed by atoms with Crippen molar-refractivity contribution < 1.29 is 24.9 Å². The highest BCUT2D eigenvalue weighted by Gasteiger charge is 2.27.